The summed E-state index contributed by atoms with van der Waals surface area (Å²) in [4.78, 5) is 28.8. The summed E-state index contributed by atoms with van der Waals surface area (Å²) in [5.74, 6) is 0.0646. The third-order valence-electron chi connectivity index (χ3n) is 5.99. The number of carbonyl (C=O) groups is 2. The van der Waals surface area contributed by atoms with E-state index in [4.69, 9.17) is 0 Å². The van der Waals surface area contributed by atoms with Crippen LogP contribution in [0.25, 0.3) is 11.1 Å². The molecule has 158 valence electrons. The molecule has 1 unspecified atom stereocenters. The molecule has 1 fully saturated rings. The summed E-state index contributed by atoms with van der Waals surface area (Å²) in [6.07, 6.45) is 0. The maximum atomic E-state index is 13.0. The zero-order valence-electron chi connectivity index (χ0n) is 17.8. The first-order valence-corrected chi connectivity index (χ1v) is 10.8. The lowest BCUT2D eigenvalue weighted by molar-refractivity contribution is -0.917. The van der Waals surface area contributed by atoms with Crippen LogP contribution >= 0.6 is 0 Å². The van der Waals surface area contributed by atoms with Crippen molar-refractivity contribution in [3.8, 4) is 11.1 Å². The molecule has 1 atom stereocenters. The smallest absolute Gasteiger partial charge is 0.282 e. The van der Waals surface area contributed by atoms with Crippen molar-refractivity contribution in [3.63, 3.8) is 0 Å². The minimum absolute atomic E-state index is 0.00113. The lowest BCUT2D eigenvalue weighted by Crippen LogP contribution is -3.19. The zero-order chi connectivity index (χ0) is 21.6. The average molecular weight is 415 g/mol. The number of para-hydroxylation sites is 1. The molecular weight excluding hydrogens is 386 g/mol. The number of hydrogen-bond donors (Lipinski definition) is 2. The number of hydrogen-bond acceptors (Lipinski definition) is 2. The van der Waals surface area contributed by atoms with Gasteiger partial charge in [0.05, 0.1) is 26.2 Å². The molecule has 1 saturated heterocycles. The number of piperazine rings is 1. The number of carbonyl (C=O) groups excluding carboxylic acids is 2. The van der Waals surface area contributed by atoms with Crippen LogP contribution in [0.1, 0.15) is 17.3 Å². The Morgan fingerprint density at radius 1 is 0.839 bits per heavy atom. The molecule has 5 nitrogen and oxygen atoms in total. The van der Waals surface area contributed by atoms with E-state index in [0.717, 1.165) is 29.9 Å². The van der Waals surface area contributed by atoms with Crippen molar-refractivity contribution in [3.05, 3.63) is 90.5 Å². The Morgan fingerprint density at radius 3 is 2.10 bits per heavy atom. The van der Waals surface area contributed by atoms with Gasteiger partial charge in [-0.15, -0.1) is 0 Å². The molecule has 0 spiro atoms. The molecule has 2 amide bonds. The topological polar surface area (TPSA) is 53.9 Å². The lowest BCUT2D eigenvalue weighted by Gasteiger charge is -2.35. The maximum absolute atomic E-state index is 13.0. The Bertz CT molecular complexity index is 1030. The third-order valence-corrected chi connectivity index (χ3v) is 5.99. The van der Waals surface area contributed by atoms with Crippen molar-refractivity contribution in [2.45, 2.75) is 13.0 Å². The predicted molar refractivity (Wildman–Crippen MR) is 123 cm³/mol. The molecule has 31 heavy (non-hydrogen) atoms. The number of quaternary nitrogens is 1. The Hall–Kier alpha value is -3.44. The highest BCUT2D eigenvalue weighted by atomic mass is 16.2. The summed E-state index contributed by atoms with van der Waals surface area (Å²) in [6, 6.07) is 27.1. The van der Waals surface area contributed by atoms with Gasteiger partial charge in [-0.1, -0.05) is 66.7 Å². The van der Waals surface area contributed by atoms with Gasteiger partial charge in [-0.2, -0.15) is 0 Å². The number of rotatable bonds is 5. The van der Waals surface area contributed by atoms with Gasteiger partial charge >= 0.3 is 0 Å². The molecule has 3 aromatic carbocycles. The van der Waals surface area contributed by atoms with Crippen LogP contribution in [0.4, 0.5) is 5.69 Å². The van der Waals surface area contributed by atoms with E-state index in [1.54, 1.807) is 0 Å². The van der Waals surface area contributed by atoms with Crippen molar-refractivity contribution >= 4 is 17.5 Å². The maximum Gasteiger partial charge on any atom is 0.282 e. The summed E-state index contributed by atoms with van der Waals surface area (Å²) >= 11 is 0. The fourth-order valence-electron chi connectivity index (χ4n) is 4.08. The molecule has 1 aliphatic heterocycles. The van der Waals surface area contributed by atoms with Crippen LogP contribution in [0.2, 0.25) is 0 Å². The summed E-state index contributed by atoms with van der Waals surface area (Å²) < 4.78 is 0. The van der Waals surface area contributed by atoms with Crippen LogP contribution in [-0.4, -0.2) is 48.9 Å². The molecule has 1 aliphatic rings. The van der Waals surface area contributed by atoms with Crippen LogP contribution in [-0.2, 0) is 4.79 Å². The van der Waals surface area contributed by atoms with E-state index in [9.17, 15) is 9.59 Å². The molecule has 0 radical (unpaired) electrons. The number of amides is 2. The van der Waals surface area contributed by atoms with Gasteiger partial charge in [0.15, 0.2) is 6.04 Å². The quantitative estimate of drug-likeness (QED) is 0.675. The molecule has 1 heterocycles. The molecule has 4 rings (SSSR count). The van der Waals surface area contributed by atoms with Crippen molar-refractivity contribution in [2.24, 2.45) is 0 Å². The third kappa shape index (κ3) is 4.84. The fraction of sp³-hybridized carbons (Fsp3) is 0.231. The zero-order valence-corrected chi connectivity index (χ0v) is 17.8. The molecular formula is C26H28N3O2+. The van der Waals surface area contributed by atoms with Gasteiger partial charge in [-0.3, -0.25) is 9.59 Å². The van der Waals surface area contributed by atoms with Crippen LogP contribution < -0.4 is 10.2 Å². The highest BCUT2D eigenvalue weighted by Crippen LogP contribution is 2.27. The van der Waals surface area contributed by atoms with Crippen LogP contribution in [0, 0.1) is 0 Å². The molecule has 3 aromatic rings. The first-order chi connectivity index (χ1) is 15.1. The van der Waals surface area contributed by atoms with Crippen molar-refractivity contribution in [2.75, 3.05) is 31.5 Å². The molecule has 5 heteroatoms. The van der Waals surface area contributed by atoms with Gasteiger partial charge in [0.2, 0.25) is 0 Å². The minimum Gasteiger partial charge on any atom is -0.327 e. The second-order valence-corrected chi connectivity index (χ2v) is 7.94. The predicted octanol–water partition coefficient (Wildman–Crippen LogP) is 2.72. The Balaban J connectivity index is 1.38. The average Bonchev–Trinajstić information content (AvgIpc) is 2.84. The van der Waals surface area contributed by atoms with Gasteiger partial charge in [0.25, 0.3) is 11.8 Å². The highest BCUT2D eigenvalue weighted by molar-refractivity contribution is 5.97. The molecule has 0 aliphatic carbocycles. The van der Waals surface area contributed by atoms with Gasteiger partial charge in [0.1, 0.15) is 0 Å². The van der Waals surface area contributed by atoms with Crippen molar-refractivity contribution < 1.29 is 14.5 Å². The SMILES string of the molecule is CC(C(=O)Nc1ccccc1-c1ccccc1)[NH+]1CCN(C(=O)c2ccccc2)CC1. The fourth-order valence-corrected chi connectivity index (χ4v) is 4.08. The van der Waals surface area contributed by atoms with E-state index in [2.05, 4.69) is 5.32 Å². The largest absolute Gasteiger partial charge is 0.327 e. The summed E-state index contributed by atoms with van der Waals surface area (Å²) in [5.41, 5.74) is 3.63. The van der Waals surface area contributed by atoms with Crippen LogP contribution in [0.15, 0.2) is 84.9 Å². The van der Waals surface area contributed by atoms with Crippen molar-refractivity contribution in [1.82, 2.24) is 4.90 Å². The van der Waals surface area contributed by atoms with E-state index >= 15 is 0 Å². The first-order valence-electron chi connectivity index (χ1n) is 10.8. The van der Waals surface area contributed by atoms with Gasteiger partial charge in [0, 0.05) is 16.8 Å². The second kappa shape index (κ2) is 9.58. The number of anilines is 1. The molecule has 0 saturated carbocycles. The summed E-state index contributed by atoms with van der Waals surface area (Å²) in [7, 11) is 0. The van der Waals surface area contributed by atoms with Gasteiger partial charge in [-0.25, -0.2) is 0 Å². The minimum atomic E-state index is -0.196. The molecule has 2 N–H and O–H groups in total. The van der Waals surface area contributed by atoms with E-state index in [1.165, 1.54) is 4.90 Å². The van der Waals surface area contributed by atoms with E-state index in [0.29, 0.717) is 18.7 Å². The van der Waals surface area contributed by atoms with Crippen molar-refractivity contribution in [1.29, 1.82) is 0 Å². The number of benzene rings is 3. The van der Waals surface area contributed by atoms with Crippen LogP contribution in [0.3, 0.4) is 0 Å². The first kappa shape index (κ1) is 20.8. The van der Waals surface area contributed by atoms with E-state index in [-0.39, 0.29) is 17.9 Å². The van der Waals surface area contributed by atoms with Crippen LogP contribution in [0.5, 0.6) is 0 Å². The Morgan fingerprint density at radius 2 is 1.42 bits per heavy atom. The Kier molecular flexibility index (Phi) is 6.43. The monoisotopic (exact) mass is 414 g/mol. The van der Waals surface area contributed by atoms with E-state index in [1.807, 2.05) is 96.8 Å². The van der Waals surface area contributed by atoms with Gasteiger partial charge in [-0.05, 0) is 30.7 Å². The Labute approximate surface area is 183 Å². The standard InChI is InChI=1S/C26H27N3O2/c1-20(28-16-18-29(19-17-28)26(31)22-12-6-3-7-13-22)25(30)27-24-15-9-8-14-23(24)21-10-4-2-5-11-21/h2-15,20H,16-19H2,1H3,(H,27,30)/p+1. The number of nitrogens with zero attached hydrogens (tertiary/aromatic N) is 1. The number of nitrogens with one attached hydrogen (secondary N) is 2. The summed E-state index contributed by atoms with van der Waals surface area (Å²) in [6.45, 7) is 4.79. The van der Waals surface area contributed by atoms with Gasteiger partial charge < -0.3 is 15.1 Å². The molecule has 0 bridgehead atoms. The summed E-state index contributed by atoms with van der Waals surface area (Å²) in [5, 5.41) is 3.13. The molecule has 0 aromatic heterocycles. The lowest BCUT2D eigenvalue weighted by atomic mass is 10.0. The highest BCUT2D eigenvalue weighted by Gasteiger charge is 2.31. The van der Waals surface area contributed by atoms with E-state index < -0.39 is 0 Å². The second-order valence-electron chi connectivity index (χ2n) is 7.94. The normalized spacial score (nSPS) is 15.3.